The zero-order chi connectivity index (χ0) is 13.9. The second-order valence-corrected chi connectivity index (χ2v) is 6.57. The Morgan fingerprint density at radius 3 is 2.37 bits per heavy atom. The Bertz CT molecular complexity index is 648. The minimum absolute atomic E-state index is 0.233. The summed E-state index contributed by atoms with van der Waals surface area (Å²) in [6.07, 6.45) is 0.924. The van der Waals surface area contributed by atoms with Gasteiger partial charge in [0.2, 0.25) is 0 Å². The molecule has 2 aromatic rings. The first kappa shape index (κ1) is 13.8. The molecular formula is C15H16O3S. The zero-order valence-corrected chi connectivity index (χ0v) is 11.5. The third-order valence-corrected chi connectivity index (χ3v) is 4.05. The maximum atomic E-state index is 11.5. The van der Waals surface area contributed by atoms with Gasteiger partial charge < -0.3 is 5.11 Å². The van der Waals surface area contributed by atoms with Gasteiger partial charge in [-0.05, 0) is 23.3 Å². The lowest BCUT2D eigenvalue weighted by Crippen LogP contribution is -2.04. The lowest BCUT2D eigenvalue weighted by atomic mass is 10.0. The topological polar surface area (TPSA) is 54.4 Å². The molecule has 0 aliphatic rings. The van der Waals surface area contributed by atoms with Crippen LogP contribution in [0, 0.1) is 0 Å². The van der Waals surface area contributed by atoms with E-state index in [1.54, 1.807) is 12.1 Å². The van der Waals surface area contributed by atoms with Crippen LogP contribution in [0.25, 0.3) is 0 Å². The van der Waals surface area contributed by atoms with Crippen molar-refractivity contribution in [1.29, 1.82) is 0 Å². The van der Waals surface area contributed by atoms with E-state index in [0.717, 1.165) is 11.8 Å². The Hall–Kier alpha value is -1.65. The van der Waals surface area contributed by atoms with E-state index in [0.29, 0.717) is 12.0 Å². The van der Waals surface area contributed by atoms with Gasteiger partial charge in [0.05, 0.1) is 11.0 Å². The number of hydrogen-bond donors (Lipinski definition) is 1. The van der Waals surface area contributed by atoms with Crippen molar-refractivity contribution in [2.24, 2.45) is 0 Å². The highest BCUT2D eigenvalue weighted by Gasteiger charge is 2.12. The van der Waals surface area contributed by atoms with Crippen molar-refractivity contribution < 1.29 is 13.5 Å². The standard InChI is InChI=1S/C15H16O3S/c1-19(17,18)14-9-5-8-13(11-14)15(16)10-12-6-3-2-4-7-12/h2-9,11,15-16H,10H2,1H3. The Kier molecular flexibility index (Phi) is 4.02. The fourth-order valence-electron chi connectivity index (χ4n) is 1.91. The summed E-state index contributed by atoms with van der Waals surface area (Å²) >= 11 is 0. The summed E-state index contributed by atoms with van der Waals surface area (Å²) < 4.78 is 23.0. The molecule has 3 nitrogen and oxygen atoms in total. The number of benzene rings is 2. The van der Waals surface area contributed by atoms with Crippen molar-refractivity contribution in [1.82, 2.24) is 0 Å². The van der Waals surface area contributed by atoms with E-state index in [1.807, 2.05) is 30.3 Å². The molecule has 0 heterocycles. The molecule has 0 aliphatic heterocycles. The van der Waals surface area contributed by atoms with Crippen molar-refractivity contribution in [3.05, 3.63) is 65.7 Å². The van der Waals surface area contributed by atoms with Crippen LogP contribution in [-0.4, -0.2) is 19.8 Å². The summed E-state index contributed by atoms with van der Waals surface area (Å²) in [4.78, 5) is 0.233. The van der Waals surface area contributed by atoms with Gasteiger partial charge in [-0.25, -0.2) is 8.42 Å². The van der Waals surface area contributed by atoms with Crippen LogP contribution in [0.3, 0.4) is 0 Å². The van der Waals surface area contributed by atoms with E-state index in [9.17, 15) is 13.5 Å². The number of aliphatic hydroxyl groups is 1. The van der Waals surface area contributed by atoms with Crippen LogP contribution in [0.5, 0.6) is 0 Å². The number of sulfone groups is 1. The molecule has 1 N–H and O–H groups in total. The van der Waals surface area contributed by atoms with E-state index in [-0.39, 0.29) is 4.90 Å². The van der Waals surface area contributed by atoms with Crippen LogP contribution in [-0.2, 0) is 16.3 Å². The molecule has 0 aliphatic carbocycles. The number of aliphatic hydroxyl groups excluding tert-OH is 1. The molecule has 0 radical (unpaired) electrons. The van der Waals surface area contributed by atoms with Gasteiger partial charge in [-0.2, -0.15) is 0 Å². The lowest BCUT2D eigenvalue weighted by Gasteiger charge is -2.12. The first-order chi connectivity index (χ1) is 8.97. The number of rotatable bonds is 4. The molecule has 2 rings (SSSR count). The van der Waals surface area contributed by atoms with Gasteiger partial charge in [0.1, 0.15) is 0 Å². The second-order valence-electron chi connectivity index (χ2n) is 4.55. The third-order valence-electron chi connectivity index (χ3n) is 2.94. The van der Waals surface area contributed by atoms with Gasteiger partial charge in [-0.3, -0.25) is 0 Å². The fourth-order valence-corrected chi connectivity index (χ4v) is 2.58. The first-order valence-electron chi connectivity index (χ1n) is 5.99. The summed E-state index contributed by atoms with van der Waals surface area (Å²) in [5.41, 5.74) is 1.63. The molecule has 0 saturated heterocycles. The van der Waals surface area contributed by atoms with Crippen LogP contribution < -0.4 is 0 Å². The zero-order valence-electron chi connectivity index (χ0n) is 10.7. The van der Waals surface area contributed by atoms with E-state index >= 15 is 0 Å². The largest absolute Gasteiger partial charge is 0.388 e. The third kappa shape index (κ3) is 3.66. The molecule has 0 amide bonds. The Morgan fingerprint density at radius 1 is 1.05 bits per heavy atom. The summed E-state index contributed by atoms with van der Waals surface area (Å²) in [6, 6.07) is 16.1. The highest BCUT2D eigenvalue weighted by Crippen LogP contribution is 2.21. The van der Waals surface area contributed by atoms with Crippen molar-refractivity contribution >= 4 is 9.84 Å². The van der Waals surface area contributed by atoms with E-state index < -0.39 is 15.9 Å². The van der Waals surface area contributed by atoms with E-state index in [1.165, 1.54) is 12.1 Å². The maximum absolute atomic E-state index is 11.5. The molecular weight excluding hydrogens is 260 g/mol. The van der Waals surface area contributed by atoms with Crippen molar-refractivity contribution in [3.8, 4) is 0 Å². The van der Waals surface area contributed by atoms with Crippen molar-refractivity contribution in [2.75, 3.05) is 6.26 Å². The molecule has 0 saturated carbocycles. The van der Waals surface area contributed by atoms with Crippen LogP contribution in [0.1, 0.15) is 17.2 Å². The van der Waals surface area contributed by atoms with Crippen LogP contribution >= 0.6 is 0 Å². The maximum Gasteiger partial charge on any atom is 0.175 e. The van der Waals surface area contributed by atoms with Crippen molar-refractivity contribution in [2.45, 2.75) is 17.4 Å². The van der Waals surface area contributed by atoms with Crippen LogP contribution in [0.4, 0.5) is 0 Å². The van der Waals surface area contributed by atoms with Crippen LogP contribution in [0.15, 0.2) is 59.5 Å². The Labute approximate surface area is 113 Å². The molecule has 4 heteroatoms. The fraction of sp³-hybridized carbons (Fsp3) is 0.200. The predicted octanol–water partition coefficient (Wildman–Crippen LogP) is 2.37. The molecule has 1 unspecified atom stereocenters. The first-order valence-corrected chi connectivity index (χ1v) is 7.88. The highest BCUT2D eigenvalue weighted by molar-refractivity contribution is 7.90. The van der Waals surface area contributed by atoms with Gasteiger partial charge >= 0.3 is 0 Å². The van der Waals surface area contributed by atoms with E-state index in [4.69, 9.17) is 0 Å². The van der Waals surface area contributed by atoms with Gasteiger partial charge in [0.15, 0.2) is 9.84 Å². The molecule has 2 aromatic carbocycles. The summed E-state index contributed by atoms with van der Waals surface area (Å²) in [7, 11) is -3.24. The summed E-state index contributed by atoms with van der Waals surface area (Å²) in [5.74, 6) is 0. The minimum atomic E-state index is -3.24. The predicted molar refractivity (Wildman–Crippen MR) is 74.7 cm³/mol. The lowest BCUT2D eigenvalue weighted by molar-refractivity contribution is 0.178. The molecule has 0 spiro atoms. The molecule has 0 bridgehead atoms. The highest BCUT2D eigenvalue weighted by atomic mass is 32.2. The molecule has 0 aromatic heterocycles. The Balaban J connectivity index is 2.23. The number of hydrogen-bond acceptors (Lipinski definition) is 3. The quantitative estimate of drug-likeness (QED) is 0.932. The second kappa shape index (κ2) is 5.55. The van der Waals surface area contributed by atoms with Crippen LogP contribution in [0.2, 0.25) is 0 Å². The molecule has 19 heavy (non-hydrogen) atoms. The van der Waals surface area contributed by atoms with Crippen molar-refractivity contribution in [3.63, 3.8) is 0 Å². The normalized spacial score (nSPS) is 13.2. The van der Waals surface area contributed by atoms with Gasteiger partial charge in [-0.1, -0.05) is 42.5 Å². The molecule has 100 valence electrons. The Morgan fingerprint density at radius 2 is 1.74 bits per heavy atom. The van der Waals surface area contributed by atoms with Gasteiger partial charge in [-0.15, -0.1) is 0 Å². The van der Waals surface area contributed by atoms with Gasteiger partial charge in [0.25, 0.3) is 0 Å². The average molecular weight is 276 g/mol. The molecule has 0 fully saturated rings. The smallest absolute Gasteiger partial charge is 0.175 e. The van der Waals surface area contributed by atoms with Gasteiger partial charge in [0, 0.05) is 12.7 Å². The minimum Gasteiger partial charge on any atom is -0.388 e. The van der Waals surface area contributed by atoms with E-state index in [2.05, 4.69) is 0 Å². The summed E-state index contributed by atoms with van der Waals surface area (Å²) in [5, 5.41) is 10.2. The SMILES string of the molecule is CS(=O)(=O)c1cccc(C(O)Cc2ccccc2)c1. The average Bonchev–Trinajstić information content (AvgIpc) is 2.39. The monoisotopic (exact) mass is 276 g/mol. The molecule has 1 atom stereocenters. The summed E-state index contributed by atoms with van der Waals surface area (Å²) in [6.45, 7) is 0.